The average Bonchev–Trinajstić information content (AvgIpc) is 2.63. The van der Waals surface area contributed by atoms with E-state index in [1.54, 1.807) is 13.2 Å². The van der Waals surface area contributed by atoms with Gasteiger partial charge in [-0.25, -0.2) is 9.99 Å². The van der Waals surface area contributed by atoms with E-state index in [1.807, 2.05) is 12.1 Å². The van der Waals surface area contributed by atoms with Crippen molar-refractivity contribution in [2.24, 2.45) is 5.10 Å². The van der Waals surface area contributed by atoms with Crippen LogP contribution >= 0.6 is 0 Å². The summed E-state index contributed by atoms with van der Waals surface area (Å²) in [4.78, 5) is 30.1. The Bertz CT molecular complexity index is 638. The van der Waals surface area contributed by atoms with E-state index in [-0.39, 0.29) is 11.8 Å². The van der Waals surface area contributed by atoms with E-state index < -0.39 is 0 Å². The van der Waals surface area contributed by atoms with Gasteiger partial charge in [0.1, 0.15) is 11.5 Å². The van der Waals surface area contributed by atoms with Crippen LogP contribution in [0.5, 0.6) is 0 Å². The van der Waals surface area contributed by atoms with Crippen molar-refractivity contribution in [1.29, 1.82) is 0 Å². The lowest BCUT2D eigenvalue weighted by molar-refractivity contribution is -0.130. The SMILES string of the molecule is CN1N=C(C(=O)NCc2ccc(N3CCOCC3)nc2)CCC1=O. The van der Waals surface area contributed by atoms with E-state index in [4.69, 9.17) is 4.74 Å². The topological polar surface area (TPSA) is 87.1 Å². The van der Waals surface area contributed by atoms with Crippen molar-refractivity contribution >= 4 is 23.3 Å². The number of aromatic nitrogens is 1. The van der Waals surface area contributed by atoms with Crippen molar-refractivity contribution in [1.82, 2.24) is 15.3 Å². The van der Waals surface area contributed by atoms with E-state index in [0.717, 1.165) is 37.7 Å². The van der Waals surface area contributed by atoms with Crippen LogP contribution in [0.15, 0.2) is 23.4 Å². The number of hydrazone groups is 1. The zero-order valence-electron chi connectivity index (χ0n) is 13.7. The highest BCUT2D eigenvalue weighted by molar-refractivity contribution is 6.39. The Morgan fingerprint density at radius 2 is 2.08 bits per heavy atom. The summed E-state index contributed by atoms with van der Waals surface area (Å²) in [6.07, 6.45) is 2.46. The molecule has 0 saturated carbocycles. The summed E-state index contributed by atoms with van der Waals surface area (Å²) in [5.74, 6) is 0.603. The Morgan fingerprint density at radius 1 is 1.29 bits per heavy atom. The van der Waals surface area contributed by atoms with Gasteiger partial charge in [0.25, 0.3) is 5.91 Å². The Balaban J connectivity index is 1.54. The molecule has 0 bridgehead atoms. The van der Waals surface area contributed by atoms with Gasteiger partial charge in [0.15, 0.2) is 0 Å². The van der Waals surface area contributed by atoms with E-state index in [9.17, 15) is 9.59 Å². The molecule has 0 unspecified atom stereocenters. The number of nitrogens with zero attached hydrogens (tertiary/aromatic N) is 4. The van der Waals surface area contributed by atoms with E-state index in [1.165, 1.54) is 5.01 Å². The molecule has 128 valence electrons. The standard InChI is InChI=1S/C16H21N5O3/c1-20-15(22)5-3-13(19-20)16(23)18-11-12-2-4-14(17-10-12)21-6-8-24-9-7-21/h2,4,10H,3,5-9,11H2,1H3,(H,18,23). The normalized spacial score (nSPS) is 18.4. The number of hydrogen-bond acceptors (Lipinski definition) is 6. The van der Waals surface area contributed by atoms with Crippen molar-refractivity contribution < 1.29 is 14.3 Å². The van der Waals surface area contributed by atoms with Gasteiger partial charge in [-0.3, -0.25) is 9.59 Å². The smallest absolute Gasteiger partial charge is 0.267 e. The van der Waals surface area contributed by atoms with E-state index in [0.29, 0.717) is 25.1 Å². The lowest BCUT2D eigenvalue weighted by Gasteiger charge is -2.27. The largest absolute Gasteiger partial charge is 0.378 e. The third-order valence-electron chi connectivity index (χ3n) is 4.07. The second-order valence-electron chi connectivity index (χ2n) is 5.77. The fourth-order valence-electron chi connectivity index (χ4n) is 2.62. The van der Waals surface area contributed by atoms with Gasteiger partial charge in [-0.15, -0.1) is 0 Å². The molecule has 0 aliphatic carbocycles. The molecule has 0 spiro atoms. The van der Waals surface area contributed by atoms with Gasteiger partial charge >= 0.3 is 0 Å². The highest BCUT2D eigenvalue weighted by Gasteiger charge is 2.21. The summed E-state index contributed by atoms with van der Waals surface area (Å²) in [6.45, 7) is 3.51. The number of carbonyl (C=O) groups is 2. The second kappa shape index (κ2) is 7.39. The van der Waals surface area contributed by atoms with E-state index >= 15 is 0 Å². The minimum Gasteiger partial charge on any atom is -0.378 e. The summed E-state index contributed by atoms with van der Waals surface area (Å²) >= 11 is 0. The highest BCUT2D eigenvalue weighted by atomic mass is 16.5. The zero-order chi connectivity index (χ0) is 16.9. The highest BCUT2D eigenvalue weighted by Crippen LogP contribution is 2.13. The maximum Gasteiger partial charge on any atom is 0.267 e. The average molecular weight is 331 g/mol. The Labute approximate surface area is 140 Å². The molecular formula is C16H21N5O3. The minimum absolute atomic E-state index is 0.0746. The number of anilines is 1. The number of hydrogen-bond donors (Lipinski definition) is 1. The predicted molar refractivity (Wildman–Crippen MR) is 88.6 cm³/mol. The number of ether oxygens (including phenoxy) is 1. The molecule has 1 saturated heterocycles. The molecule has 3 rings (SSSR count). The van der Waals surface area contributed by atoms with Crippen LogP contribution in [-0.4, -0.2) is 60.9 Å². The van der Waals surface area contributed by atoms with Crippen LogP contribution in [0.2, 0.25) is 0 Å². The van der Waals surface area contributed by atoms with Crippen molar-refractivity contribution in [3.05, 3.63) is 23.9 Å². The maximum absolute atomic E-state index is 12.1. The van der Waals surface area contributed by atoms with Crippen LogP contribution in [0.4, 0.5) is 5.82 Å². The molecule has 24 heavy (non-hydrogen) atoms. The first-order valence-electron chi connectivity index (χ1n) is 8.03. The van der Waals surface area contributed by atoms with Crippen molar-refractivity contribution in [3.8, 4) is 0 Å². The Kier molecular flexibility index (Phi) is 5.05. The molecule has 1 N–H and O–H groups in total. The van der Waals surface area contributed by atoms with Crippen molar-refractivity contribution in [3.63, 3.8) is 0 Å². The molecular weight excluding hydrogens is 310 g/mol. The van der Waals surface area contributed by atoms with Crippen molar-refractivity contribution in [2.45, 2.75) is 19.4 Å². The lowest BCUT2D eigenvalue weighted by atomic mass is 10.1. The number of morpholine rings is 1. The molecule has 1 aromatic rings. The Morgan fingerprint density at radius 3 is 2.75 bits per heavy atom. The minimum atomic E-state index is -0.244. The van der Waals surface area contributed by atoms with Crippen LogP contribution in [-0.2, 0) is 20.9 Å². The molecule has 2 aliphatic rings. The fraction of sp³-hybridized carbons (Fsp3) is 0.500. The molecule has 8 heteroatoms. The first kappa shape index (κ1) is 16.4. The van der Waals surface area contributed by atoms with E-state index in [2.05, 4.69) is 20.3 Å². The van der Waals surface area contributed by atoms with Gasteiger partial charge in [0.05, 0.1) is 13.2 Å². The molecule has 2 amide bonds. The number of nitrogens with one attached hydrogen (secondary N) is 1. The zero-order valence-corrected chi connectivity index (χ0v) is 13.7. The number of pyridine rings is 1. The van der Waals surface area contributed by atoms with Gasteiger partial charge in [0, 0.05) is 45.7 Å². The monoisotopic (exact) mass is 331 g/mol. The summed E-state index contributed by atoms with van der Waals surface area (Å²) in [6, 6.07) is 3.91. The number of rotatable bonds is 4. The van der Waals surface area contributed by atoms with Crippen molar-refractivity contribution in [2.75, 3.05) is 38.3 Å². The molecule has 2 aliphatic heterocycles. The van der Waals surface area contributed by atoms with Crippen LogP contribution in [0.25, 0.3) is 0 Å². The molecule has 3 heterocycles. The van der Waals surface area contributed by atoms with Crippen LogP contribution in [0.1, 0.15) is 18.4 Å². The fourth-order valence-corrected chi connectivity index (χ4v) is 2.62. The first-order valence-corrected chi connectivity index (χ1v) is 8.03. The molecule has 0 radical (unpaired) electrons. The Hall–Kier alpha value is -2.48. The van der Waals surface area contributed by atoms with Crippen LogP contribution in [0, 0.1) is 0 Å². The summed E-state index contributed by atoms with van der Waals surface area (Å²) in [7, 11) is 1.56. The second-order valence-corrected chi connectivity index (χ2v) is 5.77. The molecule has 0 atom stereocenters. The molecule has 0 aromatic carbocycles. The number of amides is 2. The lowest BCUT2D eigenvalue weighted by Crippen LogP contribution is -2.37. The molecule has 1 fully saturated rings. The number of carbonyl (C=O) groups excluding carboxylic acids is 2. The molecule has 1 aromatic heterocycles. The quantitative estimate of drug-likeness (QED) is 0.848. The summed E-state index contributed by atoms with van der Waals surface area (Å²) < 4.78 is 5.33. The first-order chi connectivity index (χ1) is 11.6. The van der Waals surface area contributed by atoms with Gasteiger partial charge < -0.3 is 15.0 Å². The summed E-state index contributed by atoms with van der Waals surface area (Å²) in [5.41, 5.74) is 1.30. The third-order valence-corrected chi connectivity index (χ3v) is 4.07. The third kappa shape index (κ3) is 3.88. The predicted octanol–water partition coefficient (Wildman–Crippen LogP) is 0.143. The van der Waals surface area contributed by atoms with Gasteiger partial charge in [-0.1, -0.05) is 6.07 Å². The van der Waals surface area contributed by atoms with Gasteiger partial charge in [-0.2, -0.15) is 5.10 Å². The maximum atomic E-state index is 12.1. The van der Waals surface area contributed by atoms with Gasteiger partial charge in [0.2, 0.25) is 5.91 Å². The van der Waals surface area contributed by atoms with Crippen LogP contribution in [0.3, 0.4) is 0 Å². The van der Waals surface area contributed by atoms with Gasteiger partial charge in [-0.05, 0) is 11.6 Å². The summed E-state index contributed by atoms with van der Waals surface area (Å²) in [5, 5.41) is 8.05. The van der Waals surface area contributed by atoms with Crippen LogP contribution < -0.4 is 10.2 Å². The molecule has 8 nitrogen and oxygen atoms in total.